The van der Waals surface area contributed by atoms with Crippen molar-refractivity contribution in [2.24, 2.45) is 0 Å². The molecule has 0 N–H and O–H groups in total. The highest BCUT2D eigenvalue weighted by atomic mass is 16.5. The van der Waals surface area contributed by atoms with Crippen molar-refractivity contribution in [2.45, 2.75) is 52.1 Å². The van der Waals surface area contributed by atoms with Gasteiger partial charge in [-0.1, -0.05) is 23.8 Å². The molecule has 88 valence electrons. The van der Waals surface area contributed by atoms with Crippen LogP contribution in [0.2, 0.25) is 0 Å². The Kier molecular flexibility index (Phi) is 3.07. The zero-order valence-electron chi connectivity index (χ0n) is 10.8. The summed E-state index contributed by atoms with van der Waals surface area (Å²) in [5, 5.41) is 0. The van der Waals surface area contributed by atoms with E-state index < -0.39 is 0 Å². The largest absolute Gasteiger partial charge is 0.375 e. The lowest BCUT2D eigenvalue weighted by atomic mass is 9.85. The molecule has 0 amide bonds. The molecule has 0 aliphatic carbocycles. The van der Waals surface area contributed by atoms with Crippen LogP contribution in [0.3, 0.4) is 0 Å². The Hall–Kier alpha value is -0.820. The van der Waals surface area contributed by atoms with Crippen molar-refractivity contribution < 1.29 is 4.74 Å². The zero-order chi connectivity index (χ0) is 11.8. The molecule has 1 heterocycles. The van der Waals surface area contributed by atoms with Crippen molar-refractivity contribution >= 4 is 0 Å². The molecule has 0 bridgehead atoms. The Morgan fingerprint density at radius 1 is 1.25 bits per heavy atom. The van der Waals surface area contributed by atoms with E-state index >= 15 is 0 Å². The highest BCUT2D eigenvalue weighted by Gasteiger charge is 2.28. The van der Waals surface area contributed by atoms with Crippen LogP contribution in [-0.2, 0) is 4.74 Å². The van der Waals surface area contributed by atoms with E-state index in [9.17, 15) is 0 Å². The zero-order valence-corrected chi connectivity index (χ0v) is 10.8. The predicted octanol–water partition coefficient (Wildman–Crippen LogP) is 3.98. The van der Waals surface area contributed by atoms with Crippen LogP contribution in [0.25, 0.3) is 0 Å². The summed E-state index contributed by atoms with van der Waals surface area (Å²) in [6.45, 7) is 9.60. The van der Waals surface area contributed by atoms with Gasteiger partial charge in [-0.15, -0.1) is 0 Å². The standard InChI is InChI=1S/C15H22O/c1-11-5-6-14(12(2)9-11)13-7-8-15(3,4)16-10-13/h5-6,9,13H,7-8,10H2,1-4H3. The minimum Gasteiger partial charge on any atom is -0.375 e. The molecule has 0 spiro atoms. The lowest BCUT2D eigenvalue weighted by Gasteiger charge is -2.35. The molecule has 1 aromatic carbocycles. The number of ether oxygens (including phenoxy) is 1. The lowest BCUT2D eigenvalue weighted by molar-refractivity contribution is -0.0611. The van der Waals surface area contributed by atoms with Crippen molar-refractivity contribution in [3.8, 4) is 0 Å². The first-order chi connectivity index (χ1) is 7.48. The van der Waals surface area contributed by atoms with Gasteiger partial charge in [-0.05, 0) is 51.7 Å². The van der Waals surface area contributed by atoms with Crippen molar-refractivity contribution in [1.29, 1.82) is 0 Å². The van der Waals surface area contributed by atoms with E-state index in [0.717, 1.165) is 13.0 Å². The Bertz CT molecular complexity index is 369. The number of hydrogen-bond acceptors (Lipinski definition) is 1. The molecule has 1 saturated heterocycles. The van der Waals surface area contributed by atoms with Crippen LogP contribution in [-0.4, -0.2) is 12.2 Å². The summed E-state index contributed by atoms with van der Waals surface area (Å²) >= 11 is 0. The molecular weight excluding hydrogens is 196 g/mol. The fraction of sp³-hybridized carbons (Fsp3) is 0.600. The van der Waals surface area contributed by atoms with E-state index in [0.29, 0.717) is 5.92 Å². The van der Waals surface area contributed by atoms with Crippen LogP contribution < -0.4 is 0 Å². The minimum absolute atomic E-state index is 0.0785. The van der Waals surface area contributed by atoms with Crippen LogP contribution >= 0.6 is 0 Å². The minimum atomic E-state index is 0.0785. The summed E-state index contributed by atoms with van der Waals surface area (Å²) in [7, 11) is 0. The smallest absolute Gasteiger partial charge is 0.0627 e. The van der Waals surface area contributed by atoms with Gasteiger partial charge in [0.05, 0.1) is 12.2 Å². The first kappa shape index (κ1) is 11.7. The topological polar surface area (TPSA) is 9.23 Å². The van der Waals surface area contributed by atoms with Gasteiger partial charge in [0.25, 0.3) is 0 Å². The first-order valence-corrected chi connectivity index (χ1v) is 6.19. The maximum atomic E-state index is 5.92. The monoisotopic (exact) mass is 218 g/mol. The summed E-state index contributed by atoms with van der Waals surface area (Å²) in [5.41, 5.74) is 4.31. The molecule has 1 nitrogen and oxygen atoms in total. The average molecular weight is 218 g/mol. The van der Waals surface area contributed by atoms with Crippen molar-refractivity contribution in [3.05, 3.63) is 34.9 Å². The number of aryl methyl sites for hydroxylation is 2. The van der Waals surface area contributed by atoms with Crippen LogP contribution in [0.4, 0.5) is 0 Å². The third-order valence-electron chi connectivity index (χ3n) is 3.64. The highest BCUT2D eigenvalue weighted by Crippen LogP contribution is 2.34. The summed E-state index contributed by atoms with van der Waals surface area (Å²) in [5.74, 6) is 0.591. The van der Waals surface area contributed by atoms with E-state index in [4.69, 9.17) is 4.74 Å². The van der Waals surface area contributed by atoms with Gasteiger partial charge in [-0.25, -0.2) is 0 Å². The molecule has 0 radical (unpaired) electrons. The van der Waals surface area contributed by atoms with Gasteiger partial charge in [-0.2, -0.15) is 0 Å². The molecule has 1 aromatic rings. The van der Waals surface area contributed by atoms with Gasteiger partial charge >= 0.3 is 0 Å². The fourth-order valence-corrected chi connectivity index (χ4v) is 2.53. The molecular formula is C15H22O. The molecule has 2 rings (SSSR count). The van der Waals surface area contributed by atoms with Crippen LogP contribution in [0.15, 0.2) is 18.2 Å². The van der Waals surface area contributed by atoms with Crippen LogP contribution in [0.1, 0.15) is 49.3 Å². The molecule has 1 heteroatoms. The summed E-state index contributed by atoms with van der Waals surface area (Å²) < 4.78 is 5.92. The van der Waals surface area contributed by atoms with E-state index in [1.807, 2.05) is 0 Å². The van der Waals surface area contributed by atoms with Crippen LogP contribution in [0.5, 0.6) is 0 Å². The molecule has 1 atom stereocenters. The number of rotatable bonds is 1. The third kappa shape index (κ3) is 2.46. The maximum absolute atomic E-state index is 5.92. The lowest BCUT2D eigenvalue weighted by Crippen LogP contribution is -2.32. The molecule has 1 unspecified atom stereocenters. The fourth-order valence-electron chi connectivity index (χ4n) is 2.53. The number of hydrogen-bond donors (Lipinski definition) is 0. The van der Waals surface area contributed by atoms with E-state index in [2.05, 4.69) is 45.9 Å². The maximum Gasteiger partial charge on any atom is 0.0627 e. The van der Waals surface area contributed by atoms with Gasteiger partial charge in [0.15, 0.2) is 0 Å². The van der Waals surface area contributed by atoms with Crippen molar-refractivity contribution in [2.75, 3.05) is 6.61 Å². The van der Waals surface area contributed by atoms with Gasteiger partial charge in [0.2, 0.25) is 0 Å². The Balaban J connectivity index is 2.14. The summed E-state index contributed by atoms with van der Waals surface area (Å²) in [6.07, 6.45) is 2.40. The number of benzene rings is 1. The first-order valence-electron chi connectivity index (χ1n) is 6.19. The van der Waals surface area contributed by atoms with Gasteiger partial charge in [-0.3, -0.25) is 0 Å². The van der Waals surface area contributed by atoms with Crippen LogP contribution in [0, 0.1) is 13.8 Å². The normalized spacial score (nSPS) is 24.4. The van der Waals surface area contributed by atoms with E-state index in [1.54, 1.807) is 0 Å². The molecule has 1 fully saturated rings. The second kappa shape index (κ2) is 4.21. The average Bonchev–Trinajstić information content (AvgIpc) is 2.19. The summed E-state index contributed by atoms with van der Waals surface area (Å²) in [6, 6.07) is 6.76. The Morgan fingerprint density at radius 2 is 2.00 bits per heavy atom. The van der Waals surface area contributed by atoms with Gasteiger partial charge < -0.3 is 4.74 Å². The SMILES string of the molecule is Cc1ccc(C2CCC(C)(C)OC2)c(C)c1. The van der Waals surface area contributed by atoms with E-state index in [-0.39, 0.29) is 5.60 Å². The van der Waals surface area contributed by atoms with Gasteiger partial charge in [0.1, 0.15) is 0 Å². The second-order valence-corrected chi connectivity index (χ2v) is 5.67. The second-order valence-electron chi connectivity index (χ2n) is 5.67. The molecule has 1 aliphatic rings. The predicted molar refractivity (Wildman–Crippen MR) is 67.9 cm³/mol. The molecule has 16 heavy (non-hydrogen) atoms. The summed E-state index contributed by atoms with van der Waals surface area (Å²) in [4.78, 5) is 0. The highest BCUT2D eigenvalue weighted by molar-refractivity contribution is 5.33. The molecule has 0 aromatic heterocycles. The Morgan fingerprint density at radius 3 is 2.56 bits per heavy atom. The van der Waals surface area contributed by atoms with Crippen molar-refractivity contribution in [1.82, 2.24) is 0 Å². The quantitative estimate of drug-likeness (QED) is 0.693. The van der Waals surface area contributed by atoms with Gasteiger partial charge in [0, 0.05) is 5.92 Å². The molecule has 0 saturated carbocycles. The Labute approximate surface area is 98.8 Å². The van der Waals surface area contributed by atoms with E-state index in [1.165, 1.54) is 23.1 Å². The third-order valence-corrected chi connectivity index (χ3v) is 3.64. The van der Waals surface area contributed by atoms with Crippen molar-refractivity contribution in [3.63, 3.8) is 0 Å². The molecule has 1 aliphatic heterocycles.